The van der Waals surface area contributed by atoms with E-state index in [1.807, 2.05) is 24.3 Å². The summed E-state index contributed by atoms with van der Waals surface area (Å²) in [6, 6.07) is 7.58. The summed E-state index contributed by atoms with van der Waals surface area (Å²) in [5.74, 6) is 0.728. The first kappa shape index (κ1) is 25.4. The molecule has 1 amide bonds. The number of halogens is 4. The van der Waals surface area contributed by atoms with E-state index in [4.69, 9.17) is 0 Å². The number of hydrogen-bond donors (Lipinski definition) is 3. The van der Waals surface area contributed by atoms with Crippen molar-refractivity contribution in [2.24, 2.45) is 10.9 Å². The molecule has 6 nitrogen and oxygen atoms in total. The molecule has 1 heterocycles. The molecular weight excluding hydrogens is 542 g/mol. The van der Waals surface area contributed by atoms with Gasteiger partial charge in [-0.1, -0.05) is 18.6 Å². The predicted octanol–water partition coefficient (Wildman–Crippen LogP) is 4.43. The lowest BCUT2D eigenvalue weighted by Gasteiger charge is -2.24. The molecule has 0 bridgehead atoms. The van der Waals surface area contributed by atoms with Crippen molar-refractivity contribution in [2.75, 3.05) is 18.9 Å². The average Bonchev–Trinajstić information content (AvgIpc) is 3.12. The summed E-state index contributed by atoms with van der Waals surface area (Å²) in [5, 5.41) is 10.6. The van der Waals surface area contributed by atoms with Crippen LogP contribution in [0.4, 0.5) is 18.9 Å². The van der Waals surface area contributed by atoms with Gasteiger partial charge < -0.3 is 16.0 Å². The number of thiazole rings is 1. The van der Waals surface area contributed by atoms with E-state index in [2.05, 4.69) is 25.9 Å². The molecule has 2 aromatic rings. The standard InChI is InChI=1S/C20H24F3N5OS.HI/c1-24-19(25-9-8-17-28-16(12-30-17)20(21,22)23)26-11-13-4-2-7-15(10-13)27-18(29)14-5-3-6-14;/h2,4,7,10,12,14H,3,5-6,8-9,11H2,1H3,(H,27,29)(H2,24,25,26);1H. The molecule has 0 radical (unpaired) electrons. The Balaban J connectivity index is 0.00000341. The Morgan fingerprint density at radius 2 is 2.06 bits per heavy atom. The van der Waals surface area contributed by atoms with Crippen LogP contribution >= 0.6 is 35.3 Å². The second-order valence-electron chi connectivity index (χ2n) is 7.04. The number of alkyl halides is 3. The number of carbonyl (C=O) groups is 1. The van der Waals surface area contributed by atoms with Crippen molar-refractivity contribution in [1.29, 1.82) is 0 Å². The number of nitrogens with one attached hydrogen (secondary N) is 3. The molecule has 170 valence electrons. The van der Waals surface area contributed by atoms with Gasteiger partial charge in [0.2, 0.25) is 5.91 Å². The Kier molecular flexibility index (Phi) is 9.54. The van der Waals surface area contributed by atoms with E-state index in [1.54, 1.807) is 7.05 Å². The van der Waals surface area contributed by atoms with Crippen LogP contribution in [-0.2, 0) is 23.9 Å². The van der Waals surface area contributed by atoms with E-state index in [1.165, 1.54) is 0 Å². The molecule has 0 unspecified atom stereocenters. The molecule has 0 saturated heterocycles. The Hall–Kier alpha value is -1.89. The minimum Gasteiger partial charge on any atom is -0.356 e. The van der Waals surface area contributed by atoms with Crippen molar-refractivity contribution in [1.82, 2.24) is 15.6 Å². The number of amides is 1. The lowest BCUT2D eigenvalue weighted by Crippen LogP contribution is -2.37. The van der Waals surface area contributed by atoms with Crippen LogP contribution in [0.15, 0.2) is 34.6 Å². The number of carbonyl (C=O) groups excluding carboxylic acids is 1. The van der Waals surface area contributed by atoms with Crippen LogP contribution in [-0.4, -0.2) is 30.4 Å². The molecular formula is C20H25F3IN5OS. The summed E-state index contributed by atoms with van der Waals surface area (Å²) in [5.41, 5.74) is 0.881. The first-order valence-corrected chi connectivity index (χ1v) is 10.6. The molecule has 1 aromatic carbocycles. The number of aliphatic imine (C=N–C) groups is 1. The van der Waals surface area contributed by atoms with Gasteiger partial charge in [0, 0.05) is 43.5 Å². The van der Waals surface area contributed by atoms with Gasteiger partial charge in [-0.3, -0.25) is 9.79 Å². The molecule has 0 aliphatic heterocycles. The summed E-state index contributed by atoms with van der Waals surface area (Å²) in [4.78, 5) is 19.8. The largest absolute Gasteiger partial charge is 0.434 e. The van der Waals surface area contributed by atoms with E-state index < -0.39 is 11.9 Å². The Morgan fingerprint density at radius 1 is 1.29 bits per heavy atom. The number of anilines is 1. The molecule has 3 N–H and O–H groups in total. The van der Waals surface area contributed by atoms with Crippen LogP contribution in [0.25, 0.3) is 0 Å². The fourth-order valence-corrected chi connectivity index (χ4v) is 3.73. The molecule has 3 rings (SSSR count). The lowest BCUT2D eigenvalue weighted by atomic mass is 9.85. The highest BCUT2D eigenvalue weighted by Crippen LogP contribution is 2.30. The molecule has 1 aromatic heterocycles. The predicted molar refractivity (Wildman–Crippen MR) is 127 cm³/mol. The van der Waals surface area contributed by atoms with Gasteiger partial charge in [-0.15, -0.1) is 35.3 Å². The first-order chi connectivity index (χ1) is 14.3. The zero-order valence-corrected chi connectivity index (χ0v) is 20.1. The van der Waals surface area contributed by atoms with Crippen LogP contribution in [0.2, 0.25) is 0 Å². The van der Waals surface area contributed by atoms with Crippen molar-refractivity contribution in [3.05, 3.63) is 45.9 Å². The zero-order chi connectivity index (χ0) is 21.6. The molecule has 1 saturated carbocycles. The van der Waals surface area contributed by atoms with Crippen LogP contribution in [0.1, 0.15) is 35.5 Å². The zero-order valence-electron chi connectivity index (χ0n) is 17.0. The maximum atomic E-state index is 12.6. The Morgan fingerprint density at radius 3 is 2.68 bits per heavy atom. The summed E-state index contributed by atoms with van der Waals surface area (Å²) in [7, 11) is 1.62. The van der Waals surface area contributed by atoms with Gasteiger partial charge in [0.1, 0.15) is 0 Å². The Labute approximate surface area is 200 Å². The first-order valence-electron chi connectivity index (χ1n) is 9.71. The highest BCUT2D eigenvalue weighted by molar-refractivity contribution is 14.0. The molecule has 11 heteroatoms. The third-order valence-corrected chi connectivity index (χ3v) is 5.74. The van der Waals surface area contributed by atoms with Gasteiger partial charge in [0.05, 0.1) is 5.01 Å². The highest BCUT2D eigenvalue weighted by Gasteiger charge is 2.33. The van der Waals surface area contributed by atoms with Crippen LogP contribution in [0.3, 0.4) is 0 Å². The maximum absolute atomic E-state index is 12.6. The summed E-state index contributed by atoms with van der Waals surface area (Å²) >= 11 is 0.994. The van der Waals surface area contributed by atoms with Crippen molar-refractivity contribution in [3.63, 3.8) is 0 Å². The third-order valence-electron chi connectivity index (χ3n) is 4.83. The lowest BCUT2D eigenvalue weighted by molar-refractivity contribution is -0.140. The number of nitrogens with zero attached hydrogens (tertiary/aromatic N) is 2. The third kappa shape index (κ3) is 7.63. The average molecular weight is 567 g/mol. The Bertz CT molecular complexity index is 899. The van der Waals surface area contributed by atoms with E-state index in [9.17, 15) is 18.0 Å². The highest BCUT2D eigenvalue weighted by atomic mass is 127. The second-order valence-corrected chi connectivity index (χ2v) is 7.99. The molecule has 1 aliphatic rings. The fourth-order valence-electron chi connectivity index (χ4n) is 2.92. The van der Waals surface area contributed by atoms with Gasteiger partial charge in [-0.2, -0.15) is 13.2 Å². The normalized spacial score (nSPS) is 14.4. The minimum absolute atomic E-state index is 0. The molecule has 1 aliphatic carbocycles. The number of guanidine groups is 1. The number of hydrogen-bond acceptors (Lipinski definition) is 4. The molecule has 1 fully saturated rings. The number of benzene rings is 1. The molecule has 31 heavy (non-hydrogen) atoms. The SMILES string of the molecule is CN=C(NCCc1nc(C(F)(F)F)cs1)NCc1cccc(NC(=O)C2CCC2)c1.I. The van der Waals surface area contributed by atoms with E-state index in [0.29, 0.717) is 30.5 Å². The van der Waals surface area contributed by atoms with Gasteiger partial charge >= 0.3 is 6.18 Å². The minimum atomic E-state index is -4.41. The quantitative estimate of drug-likeness (QED) is 0.263. The molecule has 0 spiro atoms. The number of aromatic nitrogens is 1. The number of rotatable bonds is 7. The monoisotopic (exact) mass is 567 g/mol. The topological polar surface area (TPSA) is 78.4 Å². The van der Waals surface area contributed by atoms with Crippen molar-refractivity contribution in [3.8, 4) is 0 Å². The van der Waals surface area contributed by atoms with Crippen LogP contribution in [0.5, 0.6) is 0 Å². The van der Waals surface area contributed by atoms with Gasteiger partial charge in [0.15, 0.2) is 11.7 Å². The summed E-state index contributed by atoms with van der Waals surface area (Å²) in [6.07, 6.45) is -1.03. The smallest absolute Gasteiger partial charge is 0.356 e. The molecule has 0 atom stereocenters. The van der Waals surface area contributed by atoms with Gasteiger partial charge in [0.25, 0.3) is 0 Å². The van der Waals surface area contributed by atoms with E-state index in [-0.39, 0.29) is 35.8 Å². The van der Waals surface area contributed by atoms with Crippen molar-refractivity contribution < 1.29 is 18.0 Å². The van der Waals surface area contributed by atoms with Crippen LogP contribution < -0.4 is 16.0 Å². The second kappa shape index (κ2) is 11.7. The van der Waals surface area contributed by atoms with Crippen molar-refractivity contribution >= 4 is 52.9 Å². The van der Waals surface area contributed by atoms with Gasteiger partial charge in [-0.25, -0.2) is 4.98 Å². The van der Waals surface area contributed by atoms with E-state index >= 15 is 0 Å². The fraction of sp³-hybridized carbons (Fsp3) is 0.450. The van der Waals surface area contributed by atoms with E-state index in [0.717, 1.165) is 47.2 Å². The van der Waals surface area contributed by atoms with Crippen LogP contribution in [0, 0.1) is 5.92 Å². The maximum Gasteiger partial charge on any atom is 0.434 e. The summed E-state index contributed by atoms with van der Waals surface area (Å²) < 4.78 is 37.8. The van der Waals surface area contributed by atoms with Crippen molar-refractivity contribution in [2.45, 2.75) is 38.4 Å². The van der Waals surface area contributed by atoms with Gasteiger partial charge in [-0.05, 0) is 30.5 Å². The summed E-state index contributed by atoms with van der Waals surface area (Å²) in [6.45, 7) is 0.893.